The molecule has 0 aliphatic carbocycles. The minimum Gasteiger partial charge on any atom is -0.450 e. The number of aliphatic imine (C=N–C) groups is 1. The van der Waals surface area contributed by atoms with Gasteiger partial charge in [0.1, 0.15) is 0 Å². The molecule has 10 heteroatoms. The number of ether oxygens (including phenoxy) is 2. The minimum absolute atomic E-state index is 0.0535. The van der Waals surface area contributed by atoms with Gasteiger partial charge in [0.15, 0.2) is 5.96 Å². The summed E-state index contributed by atoms with van der Waals surface area (Å²) in [4.78, 5) is 28.6. The predicted octanol–water partition coefficient (Wildman–Crippen LogP) is 2.29. The first-order valence-electron chi connectivity index (χ1n) is 10.1. The molecule has 1 unspecified atom stereocenters. The van der Waals surface area contributed by atoms with Gasteiger partial charge in [-0.2, -0.15) is 0 Å². The lowest BCUT2D eigenvalue weighted by molar-refractivity contribution is -0.384. The van der Waals surface area contributed by atoms with Crippen molar-refractivity contribution in [1.29, 1.82) is 0 Å². The summed E-state index contributed by atoms with van der Waals surface area (Å²) < 4.78 is 10.3. The van der Waals surface area contributed by atoms with Gasteiger partial charge in [-0.3, -0.25) is 10.1 Å². The molecule has 0 saturated carbocycles. The van der Waals surface area contributed by atoms with E-state index < -0.39 is 4.92 Å². The van der Waals surface area contributed by atoms with Crippen molar-refractivity contribution in [3.63, 3.8) is 0 Å². The van der Waals surface area contributed by atoms with Gasteiger partial charge in [0, 0.05) is 44.4 Å². The number of amides is 1. The van der Waals surface area contributed by atoms with E-state index in [4.69, 9.17) is 9.47 Å². The van der Waals surface area contributed by atoms with E-state index in [1.807, 2.05) is 6.92 Å². The molecule has 1 aromatic rings. The molecule has 0 radical (unpaired) electrons. The average molecular weight is 421 g/mol. The van der Waals surface area contributed by atoms with Crippen molar-refractivity contribution in [3.05, 3.63) is 39.9 Å². The van der Waals surface area contributed by atoms with Gasteiger partial charge < -0.3 is 25.0 Å². The SMILES string of the molecule is CCOC(=O)N1CCC(NC(=NCc2ccc([N+](=O)[O-])cc2)NC(C)COC)CC1. The molecule has 2 rings (SSSR count). The van der Waals surface area contributed by atoms with E-state index in [-0.39, 0.29) is 23.9 Å². The summed E-state index contributed by atoms with van der Waals surface area (Å²) in [6.07, 6.45) is 1.31. The number of nitrogens with one attached hydrogen (secondary N) is 2. The van der Waals surface area contributed by atoms with Crippen molar-refractivity contribution >= 4 is 17.7 Å². The van der Waals surface area contributed by atoms with Crippen molar-refractivity contribution in [1.82, 2.24) is 15.5 Å². The third-order valence-corrected chi connectivity index (χ3v) is 4.73. The number of carbonyl (C=O) groups is 1. The molecule has 1 heterocycles. The third kappa shape index (κ3) is 7.51. The molecule has 0 spiro atoms. The smallest absolute Gasteiger partial charge is 0.409 e. The number of hydrogen-bond acceptors (Lipinski definition) is 6. The number of hydrogen-bond donors (Lipinski definition) is 2. The van der Waals surface area contributed by atoms with Gasteiger partial charge in [0.25, 0.3) is 5.69 Å². The number of guanidine groups is 1. The van der Waals surface area contributed by atoms with E-state index in [0.29, 0.717) is 38.8 Å². The Balaban J connectivity index is 1.98. The second kappa shape index (κ2) is 12.0. The summed E-state index contributed by atoms with van der Waals surface area (Å²) in [6, 6.07) is 6.59. The molecule has 0 bridgehead atoms. The normalized spacial score (nSPS) is 16.1. The molecular formula is C20H31N5O5. The van der Waals surface area contributed by atoms with Crippen LogP contribution in [-0.2, 0) is 16.0 Å². The number of nitro benzene ring substituents is 1. The standard InChI is InChI=1S/C20H31N5O5/c1-4-30-20(26)24-11-9-17(10-12-24)23-19(22-15(2)14-29-3)21-13-16-5-7-18(8-6-16)25(27)28/h5-8,15,17H,4,9-14H2,1-3H3,(H2,21,22,23). The van der Waals surface area contributed by atoms with Crippen molar-refractivity contribution in [2.45, 2.75) is 45.3 Å². The Morgan fingerprint density at radius 1 is 1.33 bits per heavy atom. The third-order valence-electron chi connectivity index (χ3n) is 4.73. The average Bonchev–Trinajstić information content (AvgIpc) is 2.73. The molecule has 1 saturated heterocycles. The summed E-state index contributed by atoms with van der Waals surface area (Å²) in [6.45, 7) is 6.33. The second-order valence-corrected chi connectivity index (χ2v) is 7.19. The van der Waals surface area contributed by atoms with Crippen LogP contribution in [0, 0.1) is 10.1 Å². The largest absolute Gasteiger partial charge is 0.450 e. The number of piperidine rings is 1. The molecule has 1 atom stereocenters. The lowest BCUT2D eigenvalue weighted by Crippen LogP contribution is -2.52. The van der Waals surface area contributed by atoms with Crippen LogP contribution in [0.4, 0.5) is 10.5 Å². The van der Waals surface area contributed by atoms with Crippen LogP contribution in [0.1, 0.15) is 32.3 Å². The van der Waals surface area contributed by atoms with Crippen LogP contribution >= 0.6 is 0 Å². The molecule has 1 aliphatic rings. The van der Waals surface area contributed by atoms with Crippen LogP contribution in [0.2, 0.25) is 0 Å². The van der Waals surface area contributed by atoms with Crippen molar-refractivity contribution < 1.29 is 19.2 Å². The first kappa shape index (κ1) is 23.4. The van der Waals surface area contributed by atoms with Crippen LogP contribution in [-0.4, -0.2) is 67.4 Å². The topological polar surface area (TPSA) is 118 Å². The fourth-order valence-electron chi connectivity index (χ4n) is 3.17. The zero-order valence-corrected chi connectivity index (χ0v) is 17.8. The number of likely N-dealkylation sites (tertiary alicyclic amines) is 1. The molecule has 2 N–H and O–H groups in total. The maximum Gasteiger partial charge on any atom is 0.409 e. The molecule has 10 nitrogen and oxygen atoms in total. The van der Waals surface area contributed by atoms with Gasteiger partial charge in [-0.05, 0) is 32.3 Å². The van der Waals surface area contributed by atoms with E-state index in [0.717, 1.165) is 18.4 Å². The molecule has 1 aromatic carbocycles. The quantitative estimate of drug-likeness (QED) is 0.286. The molecular weight excluding hydrogens is 390 g/mol. The number of nitro groups is 1. The van der Waals surface area contributed by atoms with E-state index in [1.54, 1.807) is 31.1 Å². The summed E-state index contributed by atoms with van der Waals surface area (Å²) in [5.41, 5.74) is 0.930. The number of carbonyl (C=O) groups excluding carboxylic acids is 1. The Bertz CT molecular complexity index is 717. The lowest BCUT2D eigenvalue weighted by atomic mass is 10.1. The fraction of sp³-hybridized carbons (Fsp3) is 0.600. The van der Waals surface area contributed by atoms with Gasteiger partial charge in [-0.15, -0.1) is 0 Å². The van der Waals surface area contributed by atoms with Crippen molar-refractivity contribution in [2.75, 3.05) is 33.4 Å². The van der Waals surface area contributed by atoms with Crippen molar-refractivity contribution in [3.8, 4) is 0 Å². The highest BCUT2D eigenvalue weighted by Crippen LogP contribution is 2.13. The summed E-state index contributed by atoms with van der Waals surface area (Å²) >= 11 is 0. The number of nitrogens with zero attached hydrogens (tertiary/aromatic N) is 3. The van der Waals surface area contributed by atoms with Crippen molar-refractivity contribution in [2.24, 2.45) is 4.99 Å². The fourth-order valence-corrected chi connectivity index (χ4v) is 3.17. The van der Waals surface area contributed by atoms with Crippen LogP contribution in [0.25, 0.3) is 0 Å². The van der Waals surface area contributed by atoms with Gasteiger partial charge >= 0.3 is 6.09 Å². The van der Waals surface area contributed by atoms with Crippen LogP contribution < -0.4 is 10.6 Å². The zero-order valence-electron chi connectivity index (χ0n) is 17.8. The number of benzene rings is 1. The molecule has 0 aromatic heterocycles. The summed E-state index contributed by atoms with van der Waals surface area (Å²) in [7, 11) is 1.64. The van der Waals surface area contributed by atoms with E-state index in [1.165, 1.54) is 12.1 Å². The number of non-ortho nitro benzene ring substituents is 1. The summed E-state index contributed by atoms with van der Waals surface area (Å²) in [5.74, 6) is 0.646. The monoisotopic (exact) mass is 421 g/mol. The van der Waals surface area contributed by atoms with Crippen LogP contribution in [0.5, 0.6) is 0 Å². The second-order valence-electron chi connectivity index (χ2n) is 7.19. The minimum atomic E-state index is -0.420. The number of methoxy groups -OCH3 is 1. The summed E-state index contributed by atoms with van der Waals surface area (Å²) in [5, 5.41) is 17.6. The maximum absolute atomic E-state index is 11.9. The predicted molar refractivity (Wildman–Crippen MR) is 113 cm³/mol. The highest BCUT2D eigenvalue weighted by Gasteiger charge is 2.24. The van der Waals surface area contributed by atoms with Crippen LogP contribution in [0.15, 0.2) is 29.3 Å². The van der Waals surface area contributed by atoms with Gasteiger partial charge in [0.2, 0.25) is 0 Å². The maximum atomic E-state index is 11.9. The Hall–Kier alpha value is -2.88. The first-order chi connectivity index (χ1) is 14.4. The van der Waals surface area contributed by atoms with Crippen LogP contribution in [0.3, 0.4) is 0 Å². The first-order valence-corrected chi connectivity index (χ1v) is 10.1. The lowest BCUT2D eigenvalue weighted by Gasteiger charge is -2.32. The Kier molecular flexibility index (Phi) is 9.33. The highest BCUT2D eigenvalue weighted by molar-refractivity contribution is 5.80. The molecule has 1 amide bonds. The highest BCUT2D eigenvalue weighted by atomic mass is 16.6. The Morgan fingerprint density at radius 2 is 2.00 bits per heavy atom. The van der Waals surface area contributed by atoms with E-state index in [9.17, 15) is 14.9 Å². The molecule has 1 aliphatic heterocycles. The van der Waals surface area contributed by atoms with E-state index in [2.05, 4.69) is 15.6 Å². The number of rotatable bonds is 8. The molecule has 166 valence electrons. The van der Waals surface area contributed by atoms with E-state index >= 15 is 0 Å². The Labute approximate surface area is 176 Å². The van der Waals surface area contributed by atoms with Gasteiger partial charge in [0.05, 0.1) is 24.7 Å². The zero-order chi connectivity index (χ0) is 21.9. The molecule has 1 fully saturated rings. The van der Waals surface area contributed by atoms with Gasteiger partial charge in [-0.1, -0.05) is 12.1 Å². The Morgan fingerprint density at radius 3 is 2.57 bits per heavy atom. The molecule has 30 heavy (non-hydrogen) atoms. The van der Waals surface area contributed by atoms with Gasteiger partial charge in [-0.25, -0.2) is 9.79 Å².